The molecule has 2 N–H and O–H groups in total. The second-order valence-corrected chi connectivity index (χ2v) is 6.43. The van der Waals surface area contributed by atoms with Gasteiger partial charge in [0.15, 0.2) is 0 Å². The number of rotatable bonds is 4. The molecule has 2 aromatic carbocycles. The van der Waals surface area contributed by atoms with Gasteiger partial charge in [-0.15, -0.1) is 0 Å². The van der Waals surface area contributed by atoms with Crippen molar-refractivity contribution in [1.82, 2.24) is 0 Å². The first kappa shape index (κ1) is 17.4. The first-order valence-electron chi connectivity index (χ1n) is 8.42. The zero-order valence-electron chi connectivity index (χ0n) is 14.2. The molecule has 0 unspecified atom stereocenters. The van der Waals surface area contributed by atoms with Gasteiger partial charge in [0.05, 0.1) is 12.1 Å². The predicted octanol–water partition coefficient (Wildman–Crippen LogP) is 4.98. The SMILES string of the molecule is COc1ccc(NC(=O)Nc2ccc(N3CCCCC3)cc2)cc1Cl. The van der Waals surface area contributed by atoms with Gasteiger partial charge >= 0.3 is 6.03 Å². The third kappa shape index (κ3) is 4.57. The highest BCUT2D eigenvalue weighted by molar-refractivity contribution is 6.32. The lowest BCUT2D eigenvalue weighted by Gasteiger charge is -2.28. The molecule has 0 saturated carbocycles. The molecule has 0 spiro atoms. The Hall–Kier alpha value is -2.40. The van der Waals surface area contributed by atoms with Gasteiger partial charge in [-0.05, 0) is 61.7 Å². The average Bonchev–Trinajstić information content (AvgIpc) is 2.63. The number of methoxy groups -OCH3 is 1. The molecule has 5 nitrogen and oxygen atoms in total. The Bertz CT molecular complexity index is 728. The maximum Gasteiger partial charge on any atom is 0.323 e. The van der Waals surface area contributed by atoms with Gasteiger partial charge in [-0.25, -0.2) is 4.79 Å². The predicted molar refractivity (Wildman–Crippen MR) is 103 cm³/mol. The van der Waals surface area contributed by atoms with Crippen LogP contribution in [0.4, 0.5) is 21.9 Å². The number of nitrogens with zero attached hydrogens (tertiary/aromatic N) is 1. The molecule has 0 radical (unpaired) electrons. The van der Waals surface area contributed by atoms with Crippen molar-refractivity contribution >= 4 is 34.7 Å². The normalized spacial score (nSPS) is 14.1. The molecule has 0 aliphatic carbocycles. The van der Waals surface area contributed by atoms with Crippen molar-refractivity contribution in [3.8, 4) is 5.75 Å². The lowest BCUT2D eigenvalue weighted by molar-refractivity contribution is 0.262. The summed E-state index contributed by atoms with van der Waals surface area (Å²) in [5, 5.41) is 6.04. The highest BCUT2D eigenvalue weighted by atomic mass is 35.5. The number of anilines is 3. The van der Waals surface area contributed by atoms with E-state index in [9.17, 15) is 4.79 Å². The molecule has 0 bridgehead atoms. The van der Waals surface area contributed by atoms with Crippen molar-refractivity contribution in [3.05, 3.63) is 47.5 Å². The van der Waals surface area contributed by atoms with E-state index in [0.29, 0.717) is 16.5 Å². The van der Waals surface area contributed by atoms with Crippen LogP contribution in [0.2, 0.25) is 5.02 Å². The number of nitrogens with one attached hydrogen (secondary N) is 2. The maximum atomic E-state index is 12.1. The lowest BCUT2D eigenvalue weighted by atomic mass is 10.1. The van der Waals surface area contributed by atoms with Crippen LogP contribution in [0.3, 0.4) is 0 Å². The van der Waals surface area contributed by atoms with Gasteiger partial charge in [-0.1, -0.05) is 11.6 Å². The van der Waals surface area contributed by atoms with E-state index in [0.717, 1.165) is 18.8 Å². The minimum atomic E-state index is -0.313. The number of piperidine rings is 1. The Balaban J connectivity index is 1.58. The van der Waals surface area contributed by atoms with Crippen LogP contribution in [0.15, 0.2) is 42.5 Å². The number of ether oxygens (including phenoxy) is 1. The van der Waals surface area contributed by atoms with Gasteiger partial charge < -0.3 is 20.3 Å². The van der Waals surface area contributed by atoms with Gasteiger partial charge in [0.1, 0.15) is 5.75 Å². The first-order chi connectivity index (χ1) is 12.2. The fraction of sp³-hybridized carbons (Fsp3) is 0.316. The van der Waals surface area contributed by atoms with Crippen LogP contribution in [-0.2, 0) is 0 Å². The van der Waals surface area contributed by atoms with Crippen molar-refractivity contribution < 1.29 is 9.53 Å². The summed E-state index contributed by atoms with van der Waals surface area (Å²) in [6.07, 6.45) is 3.80. The molecule has 2 amide bonds. The monoisotopic (exact) mass is 359 g/mol. The first-order valence-corrected chi connectivity index (χ1v) is 8.80. The summed E-state index contributed by atoms with van der Waals surface area (Å²) in [4.78, 5) is 14.5. The second kappa shape index (κ2) is 8.12. The number of carbonyl (C=O) groups excluding carboxylic acids is 1. The van der Waals surface area contributed by atoms with Crippen molar-refractivity contribution in [2.75, 3.05) is 35.7 Å². The minimum Gasteiger partial charge on any atom is -0.495 e. The van der Waals surface area contributed by atoms with Crippen molar-refractivity contribution in [3.63, 3.8) is 0 Å². The number of halogens is 1. The Morgan fingerprint density at radius 3 is 2.28 bits per heavy atom. The summed E-state index contributed by atoms with van der Waals surface area (Å²) in [5.41, 5.74) is 2.55. The summed E-state index contributed by atoms with van der Waals surface area (Å²) in [6.45, 7) is 2.21. The Kier molecular flexibility index (Phi) is 5.66. The number of amides is 2. The molecular formula is C19H22ClN3O2. The van der Waals surface area contributed by atoms with Crippen LogP contribution in [0.5, 0.6) is 5.75 Å². The quantitative estimate of drug-likeness (QED) is 0.809. The van der Waals surface area contributed by atoms with Gasteiger partial charge in [0.25, 0.3) is 0 Å². The van der Waals surface area contributed by atoms with E-state index in [1.54, 1.807) is 25.3 Å². The van der Waals surface area contributed by atoms with Crippen molar-refractivity contribution in [2.24, 2.45) is 0 Å². The molecule has 1 heterocycles. The Morgan fingerprint density at radius 2 is 1.64 bits per heavy atom. The second-order valence-electron chi connectivity index (χ2n) is 6.02. The maximum absolute atomic E-state index is 12.1. The molecule has 0 aromatic heterocycles. The highest BCUT2D eigenvalue weighted by Crippen LogP contribution is 2.27. The molecule has 0 atom stereocenters. The fourth-order valence-electron chi connectivity index (χ4n) is 2.95. The van der Waals surface area contributed by atoms with E-state index >= 15 is 0 Å². The number of urea groups is 1. The van der Waals surface area contributed by atoms with Gasteiger partial charge in [0, 0.05) is 30.2 Å². The minimum absolute atomic E-state index is 0.313. The largest absolute Gasteiger partial charge is 0.495 e. The molecule has 2 aromatic rings. The zero-order valence-corrected chi connectivity index (χ0v) is 15.0. The highest BCUT2D eigenvalue weighted by Gasteiger charge is 2.11. The molecular weight excluding hydrogens is 338 g/mol. The van der Waals surface area contributed by atoms with E-state index in [1.165, 1.54) is 24.9 Å². The topological polar surface area (TPSA) is 53.6 Å². The Morgan fingerprint density at radius 1 is 1.00 bits per heavy atom. The molecule has 6 heteroatoms. The van der Waals surface area contributed by atoms with Crippen LogP contribution < -0.4 is 20.3 Å². The molecule has 1 aliphatic heterocycles. The van der Waals surface area contributed by atoms with E-state index in [-0.39, 0.29) is 6.03 Å². The van der Waals surface area contributed by atoms with Crippen LogP contribution in [0.1, 0.15) is 19.3 Å². The van der Waals surface area contributed by atoms with E-state index < -0.39 is 0 Å². The van der Waals surface area contributed by atoms with Crippen LogP contribution >= 0.6 is 11.6 Å². The third-order valence-electron chi connectivity index (χ3n) is 4.26. The van der Waals surface area contributed by atoms with E-state index in [4.69, 9.17) is 16.3 Å². The molecule has 1 fully saturated rings. The summed E-state index contributed by atoms with van der Waals surface area (Å²) in [6, 6.07) is 12.7. The van der Waals surface area contributed by atoms with Gasteiger partial charge in [-0.2, -0.15) is 0 Å². The molecule has 132 valence electrons. The number of hydrogen-bond donors (Lipinski definition) is 2. The van der Waals surface area contributed by atoms with Gasteiger partial charge in [0.2, 0.25) is 0 Å². The molecule has 1 aliphatic rings. The van der Waals surface area contributed by atoms with E-state index in [2.05, 4.69) is 15.5 Å². The van der Waals surface area contributed by atoms with Gasteiger partial charge in [-0.3, -0.25) is 0 Å². The molecule has 1 saturated heterocycles. The lowest BCUT2D eigenvalue weighted by Crippen LogP contribution is -2.29. The number of hydrogen-bond acceptors (Lipinski definition) is 3. The summed E-state index contributed by atoms with van der Waals surface area (Å²) in [7, 11) is 1.55. The molecule has 25 heavy (non-hydrogen) atoms. The number of carbonyl (C=O) groups is 1. The average molecular weight is 360 g/mol. The summed E-state index contributed by atoms with van der Waals surface area (Å²) >= 11 is 6.06. The number of benzene rings is 2. The standard InChI is InChI=1S/C19H22ClN3O2/c1-25-18-10-7-15(13-17(18)20)22-19(24)21-14-5-8-16(9-6-14)23-11-3-2-4-12-23/h5-10,13H,2-4,11-12H2,1H3,(H2,21,22,24). The Labute approximate surface area is 152 Å². The van der Waals surface area contributed by atoms with Crippen LogP contribution in [0, 0.1) is 0 Å². The van der Waals surface area contributed by atoms with Crippen LogP contribution in [0.25, 0.3) is 0 Å². The van der Waals surface area contributed by atoms with Crippen molar-refractivity contribution in [1.29, 1.82) is 0 Å². The third-order valence-corrected chi connectivity index (χ3v) is 4.55. The van der Waals surface area contributed by atoms with Crippen LogP contribution in [-0.4, -0.2) is 26.2 Å². The summed E-state index contributed by atoms with van der Waals surface area (Å²) in [5.74, 6) is 0.570. The smallest absolute Gasteiger partial charge is 0.323 e. The van der Waals surface area contributed by atoms with Crippen molar-refractivity contribution in [2.45, 2.75) is 19.3 Å². The van der Waals surface area contributed by atoms with E-state index in [1.807, 2.05) is 24.3 Å². The molecule has 3 rings (SSSR count). The zero-order chi connectivity index (χ0) is 17.6. The summed E-state index contributed by atoms with van der Waals surface area (Å²) < 4.78 is 5.10. The fourth-order valence-corrected chi connectivity index (χ4v) is 3.20.